The number of nitriles is 1. The summed E-state index contributed by atoms with van der Waals surface area (Å²) in [5.41, 5.74) is 2.88. The average Bonchev–Trinajstić information content (AvgIpc) is 3.03. The lowest BCUT2D eigenvalue weighted by Crippen LogP contribution is -2.44. The summed E-state index contributed by atoms with van der Waals surface area (Å²) in [7, 11) is 0. The van der Waals surface area contributed by atoms with Gasteiger partial charge in [0.1, 0.15) is 5.58 Å². The molecular weight excluding hydrogens is 416 g/mol. The van der Waals surface area contributed by atoms with E-state index in [2.05, 4.69) is 21.2 Å². The van der Waals surface area contributed by atoms with Crippen molar-refractivity contribution in [2.24, 2.45) is 0 Å². The summed E-state index contributed by atoms with van der Waals surface area (Å²) >= 11 is 0. The first-order chi connectivity index (χ1) is 16.0. The molecule has 0 saturated carbocycles. The van der Waals surface area contributed by atoms with Gasteiger partial charge in [0.05, 0.1) is 23.4 Å². The third kappa shape index (κ3) is 5.14. The number of hydrogen-bond donors (Lipinski definition) is 1. The van der Waals surface area contributed by atoms with Gasteiger partial charge >= 0.3 is 0 Å². The Bertz CT molecular complexity index is 1190. The normalized spacial score (nSPS) is 16.2. The van der Waals surface area contributed by atoms with Crippen LogP contribution >= 0.6 is 0 Å². The smallest absolute Gasteiger partial charge is 0.241 e. The molecule has 1 unspecified atom stereocenters. The molecule has 1 amide bonds. The third-order valence-corrected chi connectivity index (χ3v) is 6.20. The first-order valence-corrected chi connectivity index (χ1v) is 11.2. The van der Waals surface area contributed by atoms with Crippen LogP contribution in [-0.2, 0) is 11.3 Å². The average molecular weight is 445 g/mol. The number of carbonyl (C=O) groups is 2. The number of amides is 1. The summed E-state index contributed by atoms with van der Waals surface area (Å²) in [6, 6.07) is 16.8. The van der Waals surface area contributed by atoms with Crippen molar-refractivity contribution in [3.63, 3.8) is 0 Å². The Hall–Kier alpha value is -3.47. The number of furan rings is 1. The molecule has 7 nitrogen and oxygen atoms in total. The van der Waals surface area contributed by atoms with Crippen molar-refractivity contribution in [3.05, 3.63) is 65.4 Å². The van der Waals surface area contributed by atoms with Crippen LogP contribution in [0.15, 0.2) is 52.9 Å². The largest absolute Gasteiger partial charge is 0.451 e. The van der Waals surface area contributed by atoms with E-state index in [1.807, 2.05) is 49.4 Å². The lowest BCUT2D eigenvalue weighted by Gasteiger charge is -2.27. The quantitative estimate of drug-likeness (QED) is 0.577. The Morgan fingerprint density at radius 1 is 1.09 bits per heavy atom. The fraction of sp³-hybridized carbons (Fsp3) is 0.346. The van der Waals surface area contributed by atoms with E-state index in [1.54, 1.807) is 6.07 Å². The summed E-state index contributed by atoms with van der Waals surface area (Å²) in [5.74, 6) is -0.187. The topological polar surface area (TPSA) is 89.6 Å². The lowest BCUT2D eigenvalue weighted by molar-refractivity contribution is -0.120. The lowest BCUT2D eigenvalue weighted by atomic mass is 10.1. The predicted molar refractivity (Wildman–Crippen MR) is 127 cm³/mol. The van der Waals surface area contributed by atoms with Crippen molar-refractivity contribution in [1.29, 1.82) is 5.26 Å². The molecule has 3 aromatic rings. The Balaban J connectivity index is 1.40. The molecule has 1 aromatic heterocycles. The fourth-order valence-electron chi connectivity index (χ4n) is 4.29. The maximum Gasteiger partial charge on any atom is 0.241 e. The predicted octanol–water partition coefficient (Wildman–Crippen LogP) is 4.04. The summed E-state index contributed by atoms with van der Waals surface area (Å²) in [6.07, 6.45) is 0.960. The van der Waals surface area contributed by atoms with Crippen molar-refractivity contribution in [2.45, 2.75) is 32.9 Å². The van der Waals surface area contributed by atoms with Gasteiger partial charge in [0.2, 0.25) is 5.91 Å². The molecule has 0 spiro atoms. The standard InChI is InChI=1S/C26H28N4O3/c1-18(26(32)28-24-22-6-3-4-7-23(22)33-25(24)19(2)31)30-13-5-12-29(14-15-30)17-21-10-8-20(16-27)9-11-21/h3-4,6-11,18H,5,12-15,17H2,1-2H3,(H,28,32). The second kappa shape index (κ2) is 9.99. The zero-order valence-corrected chi connectivity index (χ0v) is 19.0. The highest BCUT2D eigenvalue weighted by Gasteiger charge is 2.27. The van der Waals surface area contributed by atoms with Crippen LogP contribution in [0.1, 0.15) is 41.9 Å². The van der Waals surface area contributed by atoms with Gasteiger partial charge < -0.3 is 9.73 Å². The molecule has 0 aliphatic carbocycles. The van der Waals surface area contributed by atoms with Gasteiger partial charge in [-0.05, 0) is 49.7 Å². The van der Waals surface area contributed by atoms with Crippen molar-refractivity contribution in [1.82, 2.24) is 9.80 Å². The molecule has 2 aromatic carbocycles. The number of anilines is 1. The molecule has 1 aliphatic heterocycles. The molecule has 170 valence electrons. The van der Waals surface area contributed by atoms with Gasteiger partial charge in [0, 0.05) is 38.5 Å². The number of rotatable bonds is 6. The summed E-state index contributed by atoms with van der Waals surface area (Å²) in [4.78, 5) is 29.8. The van der Waals surface area contributed by atoms with Gasteiger partial charge in [-0.1, -0.05) is 24.3 Å². The van der Waals surface area contributed by atoms with E-state index in [-0.39, 0.29) is 23.5 Å². The van der Waals surface area contributed by atoms with Crippen LogP contribution in [0, 0.1) is 11.3 Å². The van der Waals surface area contributed by atoms with Crippen molar-refractivity contribution in [3.8, 4) is 6.07 Å². The molecular formula is C26H28N4O3. The van der Waals surface area contributed by atoms with Crippen LogP contribution < -0.4 is 5.32 Å². The minimum Gasteiger partial charge on any atom is -0.451 e. The Kier molecular flexibility index (Phi) is 6.87. The SMILES string of the molecule is CC(=O)c1oc2ccccc2c1NC(=O)C(C)N1CCCN(Cc2ccc(C#N)cc2)CC1. The van der Waals surface area contributed by atoms with Crippen molar-refractivity contribution in [2.75, 3.05) is 31.5 Å². The van der Waals surface area contributed by atoms with E-state index in [4.69, 9.17) is 9.68 Å². The van der Waals surface area contributed by atoms with Crippen LogP contribution in [-0.4, -0.2) is 53.7 Å². The summed E-state index contributed by atoms with van der Waals surface area (Å²) < 4.78 is 5.69. The molecule has 1 fully saturated rings. The van der Waals surface area contributed by atoms with Crippen molar-refractivity contribution < 1.29 is 14.0 Å². The zero-order valence-electron chi connectivity index (χ0n) is 19.0. The van der Waals surface area contributed by atoms with Crippen LogP contribution in [0.2, 0.25) is 0 Å². The van der Waals surface area contributed by atoms with Gasteiger partial charge in [0.15, 0.2) is 11.5 Å². The molecule has 1 aliphatic rings. The van der Waals surface area contributed by atoms with Gasteiger partial charge in [-0.15, -0.1) is 0 Å². The number of nitrogens with one attached hydrogen (secondary N) is 1. The Morgan fingerprint density at radius 3 is 2.58 bits per heavy atom. The highest BCUT2D eigenvalue weighted by Crippen LogP contribution is 2.31. The maximum atomic E-state index is 13.1. The zero-order chi connectivity index (χ0) is 23.4. The third-order valence-electron chi connectivity index (χ3n) is 6.20. The fourth-order valence-corrected chi connectivity index (χ4v) is 4.29. The van der Waals surface area contributed by atoms with Gasteiger partial charge in [-0.3, -0.25) is 19.4 Å². The molecule has 1 N–H and O–H groups in total. The summed E-state index contributed by atoms with van der Waals surface area (Å²) in [5, 5.41) is 12.7. The van der Waals surface area contributed by atoms with Crippen LogP contribution in [0.5, 0.6) is 0 Å². The number of carbonyl (C=O) groups excluding carboxylic acids is 2. The Labute approximate surface area is 193 Å². The van der Waals surface area contributed by atoms with Crippen LogP contribution in [0.4, 0.5) is 5.69 Å². The highest BCUT2D eigenvalue weighted by atomic mass is 16.3. The molecule has 1 saturated heterocycles. The van der Waals surface area contributed by atoms with Gasteiger partial charge in [-0.2, -0.15) is 5.26 Å². The number of para-hydroxylation sites is 1. The van der Waals surface area contributed by atoms with Crippen LogP contribution in [0.25, 0.3) is 11.0 Å². The molecule has 0 radical (unpaired) electrons. The first kappa shape index (κ1) is 22.7. The molecule has 2 heterocycles. The second-order valence-corrected chi connectivity index (χ2v) is 8.50. The molecule has 7 heteroatoms. The number of ketones is 1. The number of benzene rings is 2. The summed E-state index contributed by atoms with van der Waals surface area (Å²) in [6.45, 7) is 7.57. The maximum absolute atomic E-state index is 13.1. The Morgan fingerprint density at radius 2 is 1.85 bits per heavy atom. The van der Waals surface area contributed by atoms with Crippen LogP contribution in [0.3, 0.4) is 0 Å². The minimum absolute atomic E-state index is 0.149. The van der Waals surface area contributed by atoms with E-state index in [0.29, 0.717) is 16.8 Å². The monoisotopic (exact) mass is 444 g/mol. The van der Waals surface area contributed by atoms with E-state index in [0.717, 1.165) is 44.5 Å². The molecule has 1 atom stereocenters. The van der Waals surface area contributed by atoms with Gasteiger partial charge in [-0.25, -0.2) is 0 Å². The number of nitrogens with zero attached hydrogens (tertiary/aromatic N) is 3. The van der Waals surface area contributed by atoms with E-state index in [1.165, 1.54) is 12.5 Å². The van der Waals surface area contributed by atoms with Crippen molar-refractivity contribution >= 4 is 28.3 Å². The number of fused-ring (bicyclic) bond motifs is 1. The van der Waals surface area contributed by atoms with E-state index >= 15 is 0 Å². The van der Waals surface area contributed by atoms with Gasteiger partial charge in [0.25, 0.3) is 0 Å². The first-order valence-electron chi connectivity index (χ1n) is 11.2. The van der Waals surface area contributed by atoms with E-state index < -0.39 is 0 Å². The molecule has 4 rings (SSSR count). The molecule has 0 bridgehead atoms. The number of Topliss-reactive ketones (excluding diaryl/α,β-unsaturated/α-hetero) is 1. The molecule has 33 heavy (non-hydrogen) atoms. The van der Waals surface area contributed by atoms with E-state index in [9.17, 15) is 9.59 Å². The second-order valence-electron chi connectivity index (χ2n) is 8.50. The number of hydrogen-bond acceptors (Lipinski definition) is 6. The minimum atomic E-state index is -0.340. The highest BCUT2D eigenvalue weighted by molar-refractivity contribution is 6.11.